The molecule has 1 heterocycles. The molecule has 1 N–H and O–H groups in total. The van der Waals surface area contributed by atoms with Crippen LogP contribution in [0.1, 0.15) is 32.4 Å². The molecule has 0 saturated heterocycles. The number of carbonyl (C=O) groups is 2. The van der Waals surface area contributed by atoms with E-state index in [0.29, 0.717) is 16.5 Å². The lowest BCUT2D eigenvalue weighted by Crippen LogP contribution is -2.20. The van der Waals surface area contributed by atoms with E-state index >= 15 is 0 Å². The summed E-state index contributed by atoms with van der Waals surface area (Å²) in [5, 5.41) is 0.683. The summed E-state index contributed by atoms with van der Waals surface area (Å²) in [6.07, 6.45) is -4.53. The minimum Gasteiger partial charge on any atom is -0.445 e. The molecule has 32 heavy (non-hydrogen) atoms. The first-order chi connectivity index (χ1) is 15.3. The third-order valence-electron chi connectivity index (χ3n) is 4.74. The van der Waals surface area contributed by atoms with Crippen LogP contribution in [-0.2, 0) is 4.74 Å². The van der Waals surface area contributed by atoms with Gasteiger partial charge in [0.25, 0.3) is 0 Å². The normalized spacial score (nSPS) is 12.3. The van der Waals surface area contributed by atoms with Gasteiger partial charge in [-0.1, -0.05) is 48.5 Å². The lowest BCUT2D eigenvalue weighted by Gasteiger charge is -2.17. The van der Waals surface area contributed by atoms with E-state index in [1.54, 1.807) is 48.7 Å². The van der Waals surface area contributed by atoms with Gasteiger partial charge >= 0.3 is 12.3 Å². The Labute approximate surface area is 180 Å². The predicted octanol–water partition coefficient (Wildman–Crippen LogP) is 5.85. The molecule has 5 nitrogen and oxygen atoms in total. The van der Waals surface area contributed by atoms with Gasteiger partial charge in [0, 0.05) is 28.2 Å². The minimum atomic E-state index is -4.84. The van der Waals surface area contributed by atoms with Gasteiger partial charge in [-0.05, 0) is 30.3 Å². The topological polar surface area (TPSA) is 68.4 Å². The Bertz CT molecular complexity index is 1250. The Hall–Kier alpha value is -4.07. The van der Waals surface area contributed by atoms with Gasteiger partial charge in [0.05, 0.1) is 5.56 Å². The number of alkyl halides is 3. The second-order valence-corrected chi connectivity index (χ2v) is 6.88. The van der Waals surface area contributed by atoms with Crippen molar-refractivity contribution >= 4 is 22.7 Å². The third-order valence-corrected chi connectivity index (χ3v) is 4.74. The van der Waals surface area contributed by atoms with Crippen LogP contribution in [0.3, 0.4) is 0 Å². The van der Waals surface area contributed by atoms with Crippen LogP contribution < -0.4 is 4.74 Å². The average molecular weight is 439 g/mol. The molecule has 0 bridgehead atoms. The zero-order valence-corrected chi connectivity index (χ0v) is 16.4. The Kier molecular flexibility index (Phi) is 5.68. The molecule has 0 radical (unpaired) electrons. The molecular formula is C24H16F3NO4. The number of Topliss-reactive ketones (excluding diaryl/α,β-unsaturated/α-hetero) is 1. The van der Waals surface area contributed by atoms with Gasteiger partial charge in [-0.25, -0.2) is 4.79 Å². The van der Waals surface area contributed by atoms with E-state index in [0.717, 1.165) is 29.8 Å². The molecule has 0 amide bonds. The number of carbonyl (C=O) groups excluding carboxylic acids is 2. The smallest absolute Gasteiger partial charge is 0.445 e. The molecule has 8 heteroatoms. The van der Waals surface area contributed by atoms with E-state index in [4.69, 9.17) is 4.74 Å². The summed E-state index contributed by atoms with van der Waals surface area (Å²) in [6.45, 7) is 0. The summed E-state index contributed by atoms with van der Waals surface area (Å²) in [4.78, 5) is 29.1. The summed E-state index contributed by atoms with van der Waals surface area (Å²) in [6, 6.07) is 20.0. The highest BCUT2D eigenvalue weighted by atomic mass is 19.4. The number of ether oxygens (including phenoxy) is 2. The van der Waals surface area contributed by atoms with Crippen molar-refractivity contribution in [3.05, 3.63) is 102 Å². The molecule has 162 valence electrons. The zero-order chi connectivity index (χ0) is 22.7. The third kappa shape index (κ3) is 4.64. The highest BCUT2D eigenvalue weighted by Crippen LogP contribution is 2.29. The molecule has 3 aromatic carbocycles. The lowest BCUT2D eigenvalue weighted by molar-refractivity contribution is -0.274. The maximum Gasteiger partial charge on any atom is 0.573 e. The van der Waals surface area contributed by atoms with Crippen LogP contribution in [0, 0.1) is 0 Å². The Balaban J connectivity index is 1.62. The van der Waals surface area contributed by atoms with Crippen molar-refractivity contribution in [2.45, 2.75) is 12.5 Å². The van der Waals surface area contributed by atoms with Gasteiger partial charge in [-0.3, -0.25) is 4.79 Å². The molecular weight excluding hydrogens is 423 g/mol. The Morgan fingerprint density at radius 3 is 2.19 bits per heavy atom. The van der Waals surface area contributed by atoms with Crippen molar-refractivity contribution in [3.63, 3.8) is 0 Å². The van der Waals surface area contributed by atoms with Gasteiger partial charge in [-0.2, -0.15) is 0 Å². The van der Waals surface area contributed by atoms with Crippen molar-refractivity contribution in [2.75, 3.05) is 0 Å². The molecule has 4 aromatic rings. The molecule has 4 rings (SSSR count). The maximum atomic E-state index is 13.4. The van der Waals surface area contributed by atoms with Crippen molar-refractivity contribution in [2.24, 2.45) is 0 Å². The number of ketones is 1. The van der Waals surface area contributed by atoms with E-state index in [1.807, 2.05) is 12.1 Å². The predicted molar refractivity (Wildman–Crippen MR) is 110 cm³/mol. The van der Waals surface area contributed by atoms with Crippen LogP contribution in [0.25, 0.3) is 10.9 Å². The highest BCUT2D eigenvalue weighted by Gasteiger charge is 2.31. The molecule has 0 aliphatic carbocycles. The van der Waals surface area contributed by atoms with E-state index in [-0.39, 0.29) is 5.56 Å². The molecule has 1 unspecified atom stereocenters. The number of hydrogen-bond donors (Lipinski definition) is 1. The van der Waals surface area contributed by atoms with Crippen LogP contribution in [0.4, 0.5) is 13.2 Å². The summed E-state index contributed by atoms with van der Waals surface area (Å²) < 4.78 is 46.4. The number of aromatic amines is 1. The fourth-order valence-corrected chi connectivity index (χ4v) is 3.29. The standard InChI is InChI=1S/C24H16F3NO4/c25-24(26,27)32-17-12-10-16(11-13-17)23(30)31-22(15-6-2-1-3-7-15)21(29)19-14-28-20-9-5-4-8-18(19)20/h1-14,22,28H. The molecule has 0 aliphatic heterocycles. The quantitative estimate of drug-likeness (QED) is 0.302. The number of aromatic nitrogens is 1. The molecule has 0 saturated carbocycles. The maximum absolute atomic E-state index is 13.4. The fourth-order valence-electron chi connectivity index (χ4n) is 3.29. The number of nitrogens with one attached hydrogen (secondary N) is 1. The summed E-state index contributed by atoms with van der Waals surface area (Å²) in [5.74, 6) is -1.76. The fraction of sp³-hybridized carbons (Fsp3) is 0.0833. The van der Waals surface area contributed by atoms with E-state index in [2.05, 4.69) is 9.72 Å². The van der Waals surface area contributed by atoms with Crippen LogP contribution >= 0.6 is 0 Å². The van der Waals surface area contributed by atoms with E-state index < -0.39 is 30.0 Å². The number of rotatable bonds is 6. The average Bonchev–Trinajstić information content (AvgIpc) is 3.21. The van der Waals surface area contributed by atoms with Gasteiger partial charge in [0.1, 0.15) is 5.75 Å². The van der Waals surface area contributed by atoms with Crippen LogP contribution in [-0.4, -0.2) is 23.1 Å². The van der Waals surface area contributed by atoms with E-state index in [9.17, 15) is 22.8 Å². The first-order valence-electron chi connectivity index (χ1n) is 9.54. The summed E-state index contributed by atoms with van der Waals surface area (Å²) in [7, 11) is 0. The number of benzene rings is 3. The SMILES string of the molecule is O=C(OC(C(=O)c1c[nH]c2ccccc12)c1ccccc1)c1ccc(OC(F)(F)F)cc1. The number of halogens is 3. The second kappa shape index (κ2) is 8.58. The highest BCUT2D eigenvalue weighted by molar-refractivity contribution is 6.11. The Morgan fingerprint density at radius 2 is 1.50 bits per heavy atom. The number of para-hydroxylation sites is 1. The number of H-pyrrole nitrogens is 1. The minimum absolute atomic E-state index is 0.0211. The van der Waals surface area contributed by atoms with Crippen molar-refractivity contribution in [1.29, 1.82) is 0 Å². The molecule has 0 fully saturated rings. The van der Waals surface area contributed by atoms with Crippen LogP contribution in [0.15, 0.2) is 85.1 Å². The van der Waals surface area contributed by atoms with Crippen molar-refractivity contribution < 1.29 is 32.2 Å². The molecule has 0 spiro atoms. The monoisotopic (exact) mass is 439 g/mol. The lowest BCUT2D eigenvalue weighted by atomic mass is 9.99. The van der Waals surface area contributed by atoms with Crippen molar-refractivity contribution in [3.8, 4) is 5.75 Å². The summed E-state index contributed by atoms with van der Waals surface area (Å²) >= 11 is 0. The van der Waals surface area contributed by atoms with Crippen molar-refractivity contribution in [1.82, 2.24) is 4.98 Å². The Morgan fingerprint density at radius 1 is 0.844 bits per heavy atom. The van der Waals surface area contributed by atoms with E-state index in [1.165, 1.54) is 0 Å². The number of esters is 1. The molecule has 1 atom stereocenters. The van der Waals surface area contributed by atoms with Gasteiger partial charge in [0.15, 0.2) is 6.10 Å². The molecule has 0 aliphatic rings. The largest absolute Gasteiger partial charge is 0.573 e. The second-order valence-electron chi connectivity index (χ2n) is 6.88. The summed E-state index contributed by atoms with van der Waals surface area (Å²) in [5.41, 5.74) is 1.56. The first-order valence-corrected chi connectivity index (χ1v) is 9.54. The zero-order valence-electron chi connectivity index (χ0n) is 16.4. The van der Waals surface area contributed by atoms with Crippen LogP contribution in [0.2, 0.25) is 0 Å². The number of fused-ring (bicyclic) bond motifs is 1. The molecule has 1 aromatic heterocycles. The number of hydrogen-bond acceptors (Lipinski definition) is 4. The van der Waals surface area contributed by atoms with Gasteiger partial charge in [-0.15, -0.1) is 13.2 Å². The first kappa shape index (κ1) is 21.2. The van der Waals surface area contributed by atoms with Gasteiger partial charge < -0.3 is 14.5 Å². The van der Waals surface area contributed by atoms with Gasteiger partial charge in [0.2, 0.25) is 5.78 Å². The van der Waals surface area contributed by atoms with Crippen LogP contribution in [0.5, 0.6) is 5.75 Å².